The summed E-state index contributed by atoms with van der Waals surface area (Å²) in [7, 11) is -7.46. The zero-order valence-electron chi connectivity index (χ0n) is 11.4. The lowest BCUT2D eigenvalue weighted by Gasteiger charge is -2.27. The van der Waals surface area contributed by atoms with E-state index in [0.717, 1.165) is 6.92 Å². The Morgan fingerprint density at radius 2 is 1.39 bits per heavy atom. The van der Waals surface area contributed by atoms with Gasteiger partial charge in [-0.2, -0.15) is 21.6 Å². The average Bonchev–Trinajstić information content (AvgIpc) is 1.98. The summed E-state index contributed by atoms with van der Waals surface area (Å²) >= 11 is 0. The fraction of sp³-hybridized carbons (Fsp3) is 1.00. The van der Waals surface area contributed by atoms with Crippen molar-refractivity contribution < 1.29 is 30.6 Å². The molecule has 0 aromatic carbocycles. The first-order valence-electron chi connectivity index (χ1n) is 5.22. The molecule has 0 bridgehead atoms. The molecule has 4 nitrogen and oxygen atoms in total. The Morgan fingerprint density at radius 1 is 1.11 bits per heavy atom. The van der Waals surface area contributed by atoms with Crippen molar-refractivity contribution in [2.75, 3.05) is 6.61 Å². The first-order valence-corrected chi connectivity index (χ1v) is 9.54. The Balaban J connectivity index is 0. The summed E-state index contributed by atoms with van der Waals surface area (Å²) < 4.78 is 57.2. The van der Waals surface area contributed by atoms with Gasteiger partial charge in [-0.1, -0.05) is 20.8 Å². The van der Waals surface area contributed by atoms with E-state index < -0.39 is 30.6 Å². The lowest BCUT2D eigenvalue weighted by molar-refractivity contribution is -0.0539. The molecule has 0 fully saturated rings. The van der Waals surface area contributed by atoms with Crippen LogP contribution in [-0.4, -0.2) is 28.9 Å². The van der Waals surface area contributed by atoms with Gasteiger partial charge >= 0.3 is 15.6 Å². The van der Waals surface area contributed by atoms with Crippen LogP contribution in [0, 0.1) is 0 Å². The van der Waals surface area contributed by atoms with E-state index in [0.29, 0.717) is 0 Å². The van der Waals surface area contributed by atoms with Crippen molar-refractivity contribution >= 4 is 18.4 Å². The van der Waals surface area contributed by atoms with E-state index in [9.17, 15) is 26.4 Å². The third-order valence-electron chi connectivity index (χ3n) is 2.36. The van der Waals surface area contributed by atoms with Crippen LogP contribution in [0.3, 0.4) is 0 Å². The summed E-state index contributed by atoms with van der Waals surface area (Å²) in [4.78, 5) is 11.3. The third-order valence-corrected chi connectivity index (χ3v) is 7.09. The second kappa shape index (κ2) is 6.35. The van der Waals surface area contributed by atoms with Crippen LogP contribution in [0.4, 0.5) is 13.2 Å². The summed E-state index contributed by atoms with van der Waals surface area (Å²) in [5, 5.41) is 0.0208. The summed E-state index contributed by atoms with van der Waals surface area (Å²) in [6.45, 7) is 10.4. The molecule has 111 valence electrons. The maximum Gasteiger partial charge on any atom is 0.523 e. The van der Waals surface area contributed by atoms with Crippen molar-refractivity contribution in [1.82, 2.24) is 0 Å². The predicted molar refractivity (Wildman–Crippen MR) is 64.5 cm³/mol. The molecule has 9 heteroatoms. The van der Waals surface area contributed by atoms with Gasteiger partial charge in [0.15, 0.2) is 0 Å². The molecular weight excluding hydrogens is 289 g/mol. The SMILES string of the molecule is CC(C)(C)[Si](C)(C)[O].CCOS(=O)(=O)C(F)(F)F. The van der Waals surface area contributed by atoms with Gasteiger partial charge in [-0.05, 0) is 25.1 Å². The number of hydrogen-bond donors (Lipinski definition) is 0. The van der Waals surface area contributed by atoms with Gasteiger partial charge in [0, 0.05) is 0 Å². The summed E-state index contributed by atoms with van der Waals surface area (Å²) in [5.74, 6) is 0. The highest BCUT2D eigenvalue weighted by atomic mass is 32.2. The van der Waals surface area contributed by atoms with E-state index >= 15 is 0 Å². The highest BCUT2D eigenvalue weighted by Crippen LogP contribution is 2.33. The van der Waals surface area contributed by atoms with Crippen molar-refractivity contribution in [2.24, 2.45) is 0 Å². The van der Waals surface area contributed by atoms with Crippen LogP contribution >= 0.6 is 0 Å². The second-order valence-corrected chi connectivity index (χ2v) is 11.2. The average molecular weight is 309 g/mol. The molecule has 0 aromatic rings. The zero-order valence-corrected chi connectivity index (χ0v) is 13.2. The van der Waals surface area contributed by atoms with Crippen molar-refractivity contribution in [3.8, 4) is 0 Å². The lowest BCUT2D eigenvalue weighted by atomic mass is 10.2. The quantitative estimate of drug-likeness (QED) is 0.446. The second-order valence-electron chi connectivity index (χ2n) is 5.07. The molecule has 0 rings (SSSR count). The smallest absolute Gasteiger partial charge is 0.297 e. The van der Waals surface area contributed by atoms with Gasteiger partial charge in [0.1, 0.15) is 0 Å². The Labute approximate surface area is 107 Å². The zero-order chi connectivity index (χ0) is 15.4. The van der Waals surface area contributed by atoms with Crippen molar-refractivity contribution in [2.45, 2.75) is 51.3 Å². The number of hydrogen-bond acceptors (Lipinski definition) is 3. The first-order chi connectivity index (χ1) is 7.56. The summed E-state index contributed by atoms with van der Waals surface area (Å²) in [6, 6.07) is 0. The number of rotatable bonds is 2. The molecule has 0 aromatic heterocycles. The minimum Gasteiger partial charge on any atom is -0.297 e. The molecule has 18 heavy (non-hydrogen) atoms. The van der Waals surface area contributed by atoms with Crippen LogP contribution in [0.2, 0.25) is 18.1 Å². The van der Waals surface area contributed by atoms with Crippen molar-refractivity contribution in [3.63, 3.8) is 0 Å². The normalized spacial score (nSPS) is 13.9. The molecule has 0 saturated carbocycles. The molecule has 0 aliphatic heterocycles. The van der Waals surface area contributed by atoms with Gasteiger partial charge in [-0.25, -0.2) is 0 Å². The van der Waals surface area contributed by atoms with Gasteiger partial charge in [0.2, 0.25) is 8.32 Å². The molecule has 0 saturated heterocycles. The Bertz CT molecular complexity index is 326. The van der Waals surface area contributed by atoms with Crippen LogP contribution in [0.1, 0.15) is 27.7 Å². The highest BCUT2D eigenvalue weighted by molar-refractivity contribution is 7.87. The maximum absolute atomic E-state index is 11.3. The first kappa shape index (κ1) is 20.2. The summed E-state index contributed by atoms with van der Waals surface area (Å²) in [6.07, 6.45) is 0. The molecule has 1 radical (unpaired) electrons. The van der Waals surface area contributed by atoms with Crippen LogP contribution in [-0.2, 0) is 19.1 Å². The predicted octanol–water partition coefficient (Wildman–Crippen LogP) is 3.29. The topological polar surface area (TPSA) is 63.3 Å². The monoisotopic (exact) mass is 309 g/mol. The molecule has 0 unspecified atom stereocenters. The molecule has 0 aliphatic rings. The highest BCUT2D eigenvalue weighted by Gasteiger charge is 2.46. The fourth-order valence-electron chi connectivity index (χ4n) is 0.222. The molecule has 0 atom stereocenters. The molecule has 0 spiro atoms. The summed E-state index contributed by atoms with van der Waals surface area (Å²) in [5.41, 5.74) is -5.30. The van der Waals surface area contributed by atoms with Gasteiger partial charge in [0.05, 0.1) is 6.61 Å². The number of alkyl halides is 3. The van der Waals surface area contributed by atoms with E-state index in [1.807, 2.05) is 33.9 Å². The van der Waals surface area contributed by atoms with Crippen LogP contribution < -0.4 is 0 Å². The lowest BCUT2D eigenvalue weighted by Crippen LogP contribution is -2.35. The third kappa shape index (κ3) is 7.34. The van der Waals surface area contributed by atoms with E-state index in [2.05, 4.69) is 4.18 Å². The Kier molecular flexibility index (Phi) is 7.13. The molecule has 0 N–H and O–H groups in total. The van der Waals surface area contributed by atoms with E-state index in [1.165, 1.54) is 0 Å². The van der Waals surface area contributed by atoms with Crippen LogP contribution in [0.15, 0.2) is 0 Å². The molecular formula is C9H20F3O4SSi. The van der Waals surface area contributed by atoms with Crippen LogP contribution in [0.5, 0.6) is 0 Å². The molecule has 0 aliphatic carbocycles. The minimum atomic E-state index is -5.35. The van der Waals surface area contributed by atoms with E-state index in [1.54, 1.807) is 0 Å². The van der Waals surface area contributed by atoms with Gasteiger partial charge < -0.3 is 0 Å². The Hall–Kier alpha value is -0.123. The fourth-order valence-corrected chi connectivity index (χ4v) is 0.666. The minimum absolute atomic E-state index is 0.0208. The van der Waals surface area contributed by atoms with Crippen molar-refractivity contribution in [1.29, 1.82) is 0 Å². The van der Waals surface area contributed by atoms with Crippen LogP contribution in [0.25, 0.3) is 0 Å². The van der Waals surface area contributed by atoms with E-state index in [-0.39, 0.29) is 5.04 Å². The molecule has 0 heterocycles. The van der Waals surface area contributed by atoms with Gasteiger partial charge in [-0.15, -0.1) is 0 Å². The number of halogens is 3. The van der Waals surface area contributed by atoms with E-state index in [4.69, 9.17) is 0 Å². The largest absolute Gasteiger partial charge is 0.523 e. The molecule has 0 amide bonds. The maximum atomic E-state index is 11.3. The van der Waals surface area contributed by atoms with Gasteiger partial charge in [-0.3, -0.25) is 8.98 Å². The van der Waals surface area contributed by atoms with Gasteiger partial charge in [0.25, 0.3) is 0 Å². The Morgan fingerprint density at radius 3 is 1.44 bits per heavy atom. The standard InChI is InChI=1S/C6H15OSi.C3H5F3O3S/c1-6(2,3)8(4,5)7;1-2-9-10(7,8)3(4,5)6/h1-5H3;2H2,1H3. The van der Waals surface area contributed by atoms with Crippen molar-refractivity contribution in [3.05, 3.63) is 0 Å².